The highest BCUT2D eigenvalue weighted by molar-refractivity contribution is 6.31. The fourth-order valence-electron chi connectivity index (χ4n) is 3.61. The second kappa shape index (κ2) is 12.1. The topological polar surface area (TPSA) is 88.6 Å². The maximum Gasteiger partial charge on any atom is 0.248 e. The number of benzene rings is 2. The number of carbonyl (C=O) groups excluding carboxylic acids is 1. The Bertz CT molecular complexity index is 1250. The van der Waals surface area contributed by atoms with Gasteiger partial charge in [-0.2, -0.15) is 0 Å². The van der Waals surface area contributed by atoms with Crippen molar-refractivity contribution in [3.63, 3.8) is 0 Å². The summed E-state index contributed by atoms with van der Waals surface area (Å²) in [5.41, 5.74) is 1.73. The van der Waals surface area contributed by atoms with Crippen molar-refractivity contribution in [3.05, 3.63) is 59.7 Å². The molecule has 8 nitrogen and oxygen atoms in total. The minimum absolute atomic E-state index is 0.00199. The first-order chi connectivity index (χ1) is 17.4. The lowest BCUT2D eigenvalue weighted by atomic mass is 9.96. The van der Waals surface area contributed by atoms with Crippen LogP contribution >= 0.6 is 11.6 Å². The van der Waals surface area contributed by atoms with Gasteiger partial charge in [0.2, 0.25) is 5.91 Å². The Morgan fingerprint density at radius 2 is 2.11 bits per heavy atom. The summed E-state index contributed by atoms with van der Waals surface area (Å²) in [5, 5.41) is 6.76. The molecule has 1 aliphatic rings. The molecule has 1 amide bonds. The Hall–Kier alpha value is -3.27. The summed E-state index contributed by atoms with van der Waals surface area (Å²) >= 11 is 5.93. The van der Waals surface area contributed by atoms with E-state index >= 15 is 0 Å². The van der Waals surface area contributed by atoms with Crippen LogP contribution in [0.4, 0.5) is 21.6 Å². The van der Waals surface area contributed by atoms with E-state index in [0.717, 1.165) is 25.8 Å². The maximum absolute atomic E-state index is 13.6. The number of hydrogen-bond donors (Lipinski definition) is 2. The molecule has 190 valence electrons. The summed E-state index contributed by atoms with van der Waals surface area (Å²) in [5.74, 6) is 0.268. The van der Waals surface area contributed by atoms with Gasteiger partial charge in [0.05, 0.1) is 28.9 Å². The van der Waals surface area contributed by atoms with Crippen LogP contribution in [0.3, 0.4) is 0 Å². The van der Waals surface area contributed by atoms with Gasteiger partial charge in [0.15, 0.2) is 0 Å². The van der Waals surface area contributed by atoms with Gasteiger partial charge in [0.1, 0.15) is 23.7 Å². The van der Waals surface area contributed by atoms with Crippen molar-refractivity contribution >= 4 is 45.6 Å². The first-order valence-corrected chi connectivity index (χ1v) is 12.1. The Morgan fingerprint density at radius 1 is 1.28 bits per heavy atom. The number of methoxy groups -OCH3 is 1. The molecule has 0 bridgehead atoms. The molecule has 36 heavy (non-hydrogen) atoms. The second-order valence-corrected chi connectivity index (χ2v) is 9.07. The fraction of sp³-hybridized carbons (Fsp3) is 0.346. The molecule has 4 rings (SSSR count). The van der Waals surface area contributed by atoms with Crippen molar-refractivity contribution in [2.45, 2.75) is 25.4 Å². The molecule has 0 radical (unpaired) electrons. The molecule has 0 unspecified atom stereocenters. The van der Waals surface area contributed by atoms with E-state index in [0.29, 0.717) is 47.0 Å². The number of amides is 1. The Balaban J connectivity index is 1.58. The molecule has 0 saturated heterocycles. The van der Waals surface area contributed by atoms with Crippen LogP contribution < -0.4 is 15.4 Å². The Morgan fingerprint density at radius 3 is 2.83 bits per heavy atom. The molecule has 1 aliphatic carbocycles. The highest BCUT2D eigenvalue weighted by Crippen LogP contribution is 2.36. The lowest BCUT2D eigenvalue weighted by Gasteiger charge is -2.27. The van der Waals surface area contributed by atoms with Gasteiger partial charge >= 0.3 is 0 Å². The molecule has 10 heteroatoms. The van der Waals surface area contributed by atoms with Crippen LogP contribution in [0.25, 0.3) is 10.9 Å². The summed E-state index contributed by atoms with van der Waals surface area (Å²) < 4.78 is 24.8. The maximum atomic E-state index is 13.6. The largest absolute Gasteiger partial charge is 0.488 e. The fourth-order valence-corrected chi connectivity index (χ4v) is 3.79. The van der Waals surface area contributed by atoms with E-state index in [1.54, 1.807) is 31.4 Å². The molecule has 1 saturated carbocycles. The predicted octanol–water partition coefficient (Wildman–Crippen LogP) is 5.17. The average molecular weight is 514 g/mol. The minimum atomic E-state index is -0.504. The summed E-state index contributed by atoms with van der Waals surface area (Å²) in [6.07, 6.45) is 7.92. The lowest BCUT2D eigenvalue weighted by molar-refractivity contribution is -0.111. The van der Waals surface area contributed by atoms with Gasteiger partial charge in [-0.05, 0) is 50.6 Å². The van der Waals surface area contributed by atoms with E-state index < -0.39 is 5.82 Å². The number of fused-ring (bicyclic) bond motifs is 1. The smallest absolute Gasteiger partial charge is 0.248 e. The van der Waals surface area contributed by atoms with Crippen molar-refractivity contribution in [1.29, 1.82) is 0 Å². The molecular weight excluding hydrogens is 485 g/mol. The summed E-state index contributed by atoms with van der Waals surface area (Å²) in [6.45, 7) is 2.00. The van der Waals surface area contributed by atoms with Gasteiger partial charge in [-0.1, -0.05) is 17.7 Å². The second-order valence-electron chi connectivity index (χ2n) is 8.66. The first-order valence-electron chi connectivity index (χ1n) is 11.8. The van der Waals surface area contributed by atoms with E-state index in [1.807, 2.05) is 11.9 Å². The molecule has 1 heterocycles. The number of nitrogens with zero attached hydrogens (tertiary/aromatic N) is 3. The number of rotatable bonds is 11. The van der Waals surface area contributed by atoms with Crippen LogP contribution in [-0.4, -0.2) is 60.7 Å². The van der Waals surface area contributed by atoms with Crippen molar-refractivity contribution in [3.8, 4) is 5.75 Å². The van der Waals surface area contributed by atoms with Gasteiger partial charge in [0, 0.05) is 43.4 Å². The van der Waals surface area contributed by atoms with Gasteiger partial charge in [0.25, 0.3) is 0 Å². The Labute approximate surface area is 214 Å². The first kappa shape index (κ1) is 25.8. The van der Waals surface area contributed by atoms with Crippen LogP contribution in [0, 0.1) is 5.82 Å². The van der Waals surface area contributed by atoms with E-state index in [2.05, 4.69) is 20.6 Å². The van der Waals surface area contributed by atoms with Gasteiger partial charge in [-0.15, -0.1) is 0 Å². The third-order valence-electron chi connectivity index (χ3n) is 5.89. The van der Waals surface area contributed by atoms with Crippen molar-refractivity contribution < 1.29 is 18.7 Å². The van der Waals surface area contributed by atoms with Gasteiger partial charge in [-0.3, -0.25) is 4.79 Å². The van der Waals surface area contributed by atoms with Crippen LogP contribution in [0.15, 0.2) is 48.8 Å². The van der Waals surface area contributed by atoms with Crippen molar-refractivity contribution in [2.24, 2.45) is 0 Å². The standard InChI is InChI=1S/C26H29ClFN5O3/c1-33(11-12-35-2)10-4-7-25(34)32-23-14-19-22(15-24(23)36-18-5-3-6-18)29-16-30-26(19)31-17-8-9-21(28)20(27)13-17/h4,7-9,13-16,18H,3,5-6,10-12H2,1-2H3,(H,32,34)(H,29,30,31)/b7-4+. The van der Waals surface area contributed by atoms with Gasteiger partial charge in [-0.25, -0.2) is 14.4 Å². The number of ether oxygens (including phenoxy) is 2. The molecule has 0 atom stereocenters. The molecule has 1 fully saturated rings. The third kappa shape index (κ3) is 6.69. The minimum Gasteiger partial charge on any atom is -0.488 e. The third-order valence-corrected chi connectivity index (χ3v) is 6.18. The molecular formula is C26H29ClFN5O3. The number of halogens is 2. The number of carbonyl (C=O) groups is 1. The van der Waals surface area contributed by atoms with Crippen LogP contribution in [0.1, 0.15) is 19.3 Å². The predicted molar refractivity (Wildman–Crippen MR) is 140 cm³/mol. The summed E-state index contributed by atoms with van der Waals surface area (Å²) in [4.78, 5) is 23.5. The number of nitrogens with one attached hydrogen (secondary N) is 2. The monoisotopic (exact) mass is 513 g/mol. The SMILES string of the molecule is COCCN(C)C/C=C/C(=O)Nc1cc2c(Nc3ccc(F)c(Cl)c3)ncnc2cc1OC1CCC1. The molecule has 3 aromatic rings. The molecule has 2 aromatic carbocycles. The molecule has 0 aliphatic heterocycles. The highest BCUT2D eigenvalue weighted by Gasteiger charge is 2.22. The zero-order chi connectivity index (χ0) is 25.5. The van der Waals surface area contributed by atoms with E-state index in [4.69, 9.17) is 21.1 Å². The van der Waals surface area contributed by atoms with E-state index in [-0.39, 0.29) is 17.0 Å². The number of hydrogen-bond acceptors (Lipinski definition) is 7. The van der Waals surface area contributed by atoms with Gasteiger partial charge < -0.3 is 25.0 Å². The van der Waals surface area contributed by atoms with Crippen molar-refractivity contribution in [2.75, 3.05) is 44.5 Å². The highest BCUT2D eigenvalue weighted by atomic mass is 35.5. The zero-order valence-corrected chi connectivity index (χ0v) is 21.0. The summed E-state index contributed by atoms with van der Waals surface area (Å²) in [7, 11) is 3.61. The number of likely N-dealkylation sites (N-methyl/N-ethyl adjacent to an activating group) is 1. The van der Waals surface area contributed by atoms with Crippen LogP contribution in [0.5, 0.6) is 5.75 Å². The normalized spacial score (nSPS) is 13.8. The number of aromatic nitrogens is 2. The molecule has 2 N–H and O–H groups in total. The lowest BCUT2D eigenvalue weighted by Crippen LogP contribution is -2.25. The van der Waals surface area contributed by atoms with E-state index in [9.17, 15) is 9.18 Å². The summed E-state index contributed by atoms with van der Waals surface area (Å²) in [6, 6.07) is 7.92. The quantitative estimate of drug-likeness (QED) is 0.342. The van der Waals surface area contributed by atoms with Crippen molar-refractivity contribution in [1.82, 2.24) is 14.9 Å². The van der Waals surface area contributed by atoms with Crippen LogP contribution in [-0.2, 0) is 9.53 Å². The number of anilines is 3. The molecule has 0 spiro atoms. The average Bonchev–Trinajstić information content (AvgIpc) is 2.83. The molecule has 1 aromatic heterocycles. The van der Waals surface area contributed by atoms with E-state index in [1.165, 1.54) is 24.5 Å². The zero-order valence-electron chi connectivity index (χ0n) is 20.3. The van der Waals surface area contributed by atoms with Crippen LogP contribution in [0.2, 0.25) is 5.02 Å². The Kier molecular flexibility index (Phi) is 8.69.